The minimum atomic E-state index is -4.01. The van der Waals surface area contributed by atoms with Crippen LogP contribution in [0.15, 0.2) is 0 Å². The lowest BCUT2D eigenvalue weighted by molar-refractivity contribution is -0.180. The van der Waals surface area contributed by atoms with Crippen molar-refractivity contribution >= 4 is 0 Å². The van der Waals surface area contributed by atoms with Crippen LogP contribution in [0.3, 0.4) is 0 Å². The lowest BCUT2D eigenvalue weighted by Gasteiger charge is -2.35. The van der Waals surface area contributed by atoms with Crippen molar-refractivity contribution in [2.24, 2.45) is 11.8 Å². The molecule has 0 aromatic carbocycles. The van der Waals surface area contributed by atoms with E-state index in [1.165, 1.54) is 38.5 Å². The summed E-state index contributed by atoms with van der Waals surface area (Å²) in [6.07, 6.45) is 4.52. The quantitative estimate of drug-likeness (QED) is 0.695. The topological polar surface area (TPSA) is 12.0 Å². The molecule has 0 aromatic heterocycles. The van der Waals surface area contributed by atoms with Crippen molar-refractivity contribution in [2.45, 2.75) is 63.6 Å². The van der Waals surface area contributed by atoms with E-state index in [0.29, 0.717) is 24.8 Å². The molecule has 0 radical (unpaired) electrons. The highest BCUT2D eigenvalue weighted by Gasteiger charge is 2.42. The van der Waals surface area contributed by atoms with Gasteiger partial charge >= 0.3 is 6.18 Å². The van der Waals surface area contributed by atoms with Crippen molar-refractivity contribution in [3.05, 3.63) is 0 Å². The average molecular weight is 249 g/mol. The monoisotopic (exact) mass is 249 g/mol. The Balaban J connectivity index is 1.81. The van der Waals surface area contributed by atoms with Gasteiger partial charge in [-0.3, -0.25) is 0 Å². The number of halogens is 3. The smallest absolute Gasteiger partial charge is 0.313 e. The van der Waals surface area contributed by atoms with Gasteiger partial charge in [-0.15, -0.1) is 0 Å². The Morgan fingerprint density at radius 2 is 1.47 bits per heavy atom. The molecule has 4 heteroatoms. The van der Waals surface area contributed by atoms with E-state index in [1.807, 2.05) is 0 Å². The van der Waals surface area contributed by atoms with Crippen LogP contribution in [0, 0.1) is 11.8 Å². The second kappa shape index (κ2) is 5.59. The summed E-state index contributed by atoms with van der Waals surface area (Å²) in [5.74, 6) is -0.504. The van der Waals surface area contributed by atoms with E-state index in [1.54, 1.807) is 0 Å². The van der Waals surface area contributed by atoms with Crippen LogP contribution in [-0.4, -0.2) is 18.8 Å². The Morgan fingerprint density at radius 1 is 0.824 bits per heavy atom. The molecule has 1 heterocycles. The normalized spacial score (nSPS) is 33.4. The van der Waals surface area contributed by atoms with Gasteiger partial charge in [-0.25, -0.2) is 0 Å². The summed E-state index contributed by atoms with van der Waals surface area (Å²) < 4.78 is 37.6. The molecule has 0 amide bonds. The van der Waals surface area contributed by atoms with Gasteiger partial charge in [0.2, 0.25) is 0 Å². The molecular weight excluding hydrogens is 227 g/mol. The lowest BCUT2D eigenvalue weighted by Crippen LogP contribution is -2.47. The van der Waals surface area contributed by atoms with Crippen LogP contribution < -0.4 is 5.32 Å². The van der Waals surface area contributed by atoms with E-state index >= 15 is 0 Å². The lowest BCUT2D eigenvalue weighted by atomic mass is 9.83. The molecule has 0 aromatic rings. The standard InChI is InChI=1S/C13H22F3N/c14-13(15,16)11-7-8-12(17-9-11)10-5-3-1-2-4-6-10/h10-12,17H,1-9H2. The summed E-state index contributed by atoms with van der Waals surface area (Å²) in [6.45, 7) is 0.130. The third-order valence-electron chi connectivity index (χ3n) is 4.38. The molecule has 2 rings (SSSR count). The van der Waals surface area contributed by atoms with Gasteiger partial charge in [-0.1, -0.05) is 25.7 Å². The highest BCUT2D eigenvalue weighted by molar-refractivity contribution is 4.86. The van der Waals surface area contributed by atoms with Crippen molar-refractivity contribution in [3.8, 4) is 0 Å². The Bertz CT molecular complexity index is 223. The largest absolute Gasteiger partial charge is 0.393 e. The fraction of sp³-hybridized carbons (Fsp3) is 1.00. The van der Waals surface area contributed by atoms with Crippen LogP contribution in [-0.2, 0) is 0 Å². The van der Waals surface area contributed by atoms with Crippen molar-refractivity contribution in [2.75, 3.05) is 6.54 Å². The highest BCUT2D eigenvalue weighted by atomic mass is 19.4. The summed E-state index contributed by atoms with van der Waals surface area (Å²) >= 11 is 0. The number of alkyl halides is 3. The maximum absolute atomic E-state index is 12.5. The van der Waals surface area contributed by atoms with Crippen molar-refractivity contribution in [1.82, 2.24) is 5.32 Å². The molecule has 0 spiro atoms. The van der Waals surface area contributed by atoms with Gasteiger partial charge in [-0.05, 0) is 31.6 Å². The second-order valence-electron chi connectivity index (χ2n) is 5.58. The number of rotatable bonds is 1. The number of nitrogens with one attached hydrogen (secondary N) is 1. The molecule has 2 aliphatic rings. The molecule has 1 aliphatic heterocycles. The van der Waals surface area contributed by atoms with Crippen molar-refractivity contribution < 1.29 is 13.2 Å². The molecule has 2 unspecified atom stereocenters. The van der Waals surface area contributed by atoms with Gasteiger partial charge in [0.15, 0.2) is 0 Å². The van der Waals surface area contributed by atoms with Crippen LogP contribution in [0.2, 0.25) is 0 Å². The Labute approximate surface area is 101 Å². The predicted molar refractivity (Wildman–Crippen MR) is 61.8 cm³/mol. The second-order valence-corrected chi connectivity index (χ2v) is 5.58. The van der Waals surface area contributed by atoms with E-state index in [0.717, 1.165) is 0 Å². The van der Waals surface area contributed by atoms with Crippen LogP contribution in [0.25, 0.3) is 0 Å². The zero-order valence-electron chi connectivity index (χ0n) is 10.2. The van der Waals surface area contributed by atoms with Crippen LogP contribution in [0.4, 0.5) is 13.2 Å². The Kier molecular flexibility index (Phi) is 4.34. The molecular formula is C13H22F3N. The van der Waals surface area contributed by atoms with Crippen molar-refractivity contribution in [3.63, 3.8) is 0 Å². The number of hydrogen-bond donors (Lipinski definition) is 1. The zero-order valence-corrected chi connectivity index (χ0v) is 10.2. The molecule has 17 heavy (non-hydrogen) atoms. The van der Waals surface area contributed by atoms with E-state index in [-0.39, 0.29) is 6.54 Å². The number of hydrogen-bond acceptors (Lipinski definition) is 1. The summed E-state index contributed by atoms with van der Waals surface area (Å²) in [5.41, 5.74) is 0. The molecule has 1 saturated carbocycles. The molecule has 1 aliphatic carbocycles. The first-order valence-corrected chi connectivity index (χ1v) is 6.87. The molecule has 2 atom stereocenters. The molecule has 1 nitrogen and oxygen atoms in total. The summed E-state index contributed by atoms with van der Waals surface area (Å²) in [5, 5.41) is 3.15. The summed E-state index contributed by atoms with van der Waals surface area (Å²) in [6, 6.07) is 0.340. The van der Waals surface area contributed by atoms with Crippen molar-refractivity contribution in [1.29, 1.82) is 0 Å². The van der Waals surface area contributed by atoms with Gasteiger partial charge in [0.25, 0.3) is 0 Å². The fourth-order valence-electron chi connectivity index (χ4n) is 3.27. The maximum atomic E-state index is 12.5. The number of piperidine rings is 1. The minimum Gasteiger partial charge on any atom is -0.313 e. The zero-order chi connectivity index (χ0) is 12.3. The van der Waals surface area contributed by atoms with Gasteiger partial charge in [0, 0.05) is 12.6 Å². The third kappa shape index (κ3) is 3.60. The fourth-order valence-corrected chi connectivity index (χ4v) is 3.27. The minimum absolute atomic E-state index is 0.130. The van der Waals surface area contributed by atoms with Crippen LogP contribution >= 0.6 is 0 Å². The van der Waals surface area contributed by atoms with E-state index in [4.69, 9.17) is 0 Å². The predicted octanol–water partition coefficient (Wildman–Crippen LogP) is 3.89. The van der Waals surface area contributed by atoms with E-state index in [2.05, 4.69) is 5.32 Å². The van der Waals surface area contributed by atoms with Gasteiger partial charge in [0.05, 0.1) is 5.92 Å². The Morgan fingerprint density at radius 3 is 1.94 bits per heavy atom. The van der Waals surface area contributed by atoms with E-state index in [9.17, 15) is 13.2 Å². The molecule has 100 valence electrons. The maximum Gasteiger partial charge on any atom is 0.393 e. The SMILES string of the molecule is FC(F)(F)C1CCC(C2CCCCCC2)NC1. The van der Waals surface area contributed by atoms with Gasteiger partial charge in [0.1, 0.15) is 0 Å². The first-order valence-electron chi connectivity index (χ1n) is 6.87. The third-order valence-corrected chi connectivity index (χ3v) is 4.38. The average Bonchev–Trinajstić information content (AvgIpc) is 2.56. The molecule has 0 bridgehead atoms. The first-order chi connectivity index (χ1) is 8.07. The van der Waals surface area contributed by atoms with E-state index < -0.39 is 12.1 Å². The molecule has 1 N–H and O–H groups in total. The molecule has 1 saturated heterocycles. The first kappa shape index (κ1) is 13.2. The molecule has 2 fully saturated rings. The van der Waals surface area contributed by atoms with Gasteiger partial charge in [-0.2, -0.15) is 13.2 Å². The Hall–Kier alpha value is -0.250. The summed E-state index contributed by atoms with van der Waals surface area (Å²) in [7, 11) is 0. The van der Waals surface area contributed by atoms with Gasteiger partial charge < -0.3 is 5.32 Å². The summed E-state index contributed by atoms with van der Waals surface area (Å²) in [4.78, 5) is 0. The highest BCUT2D eigenvalue weighted by Crippen LogP contribution is 2.35. The van der Waals surface area contributed by atoms with Crippen LogP contribution in [0.1, 0.15) is 51.4 Å². The van der Waals surface area contributed by atoms with Crippen LogP contribution in [0.5, 0.6) is 0 Å².